The van der Waals surface area contributed by atoms with E-state index in [-0.39, 0.29) is 24.7 Å². The van der Waals surface area contributed by atoms with E-state index in [4.69, 9.17) is 9.47 Å². The van der Waals surface area contributed by atoms with Crippen molar-refractivity contribution in [2.24, 2.45) is 0 Å². The number of nitrogens with one attached hydrogen (secondary N) is 1. The zero-order valence-corrected chi connectivity index (χ0v) is 15.6. The fraction of sp³-hybridized carbons (Fsp3) is 0.238. The second kappa shape index (κ2) is 6.79. The van der Waals surface area contributed by atoms with Gasteiger partial charge in [-0.05, 0) is 29.3 Å². The van der Waals surface area contributed by atoms with E-state index in [1.54, 1.807) is 16.8 Å². The van der Waals surface area contributed by atoms with E-state index in [1.165, 1.54) is 18.3 Å². The zero-order valence-electron chi connectivity index (χ0n) is 15.6. The van der Waals surface area contributed by atoms with Crippen molar-refractivity contribution in [3.05, 3.63) is 70.9 Å². The molecular formula is C21H16F3N3O3. The van der Waals surface area contributed by atoms with Gasteiger partial charge in [0, 0.05) is 17.9 Å². The lowest BCUT2D eigenvalue weighted by atomic mass is 9.84. The number of carbonyl (C=O) groups excluding carboxylic acids is 1. The number of anilines is 1. The van der Waals surface area contributed by atoms with Crippen LogP contribution in [-0.2, 0) is 17.5 Å². The standard InChI is InChI=1S/C21H16F3N3O3/c22-21(23,24)16-4-2-1-3-13(16)14-8-19(28)26-20-15(14)9-25-27(20)10-12-5-6-17-18(7-12)30-11-29-17/h1-7,9,14H,8,10-11H2,(H,26,28)/t14-/m1/s1. The third-order valence-corrected chi connectivity index (χ3v) is 5.30. The molecule has 6 nitrogen and oxygen atoms in total. The lowest BCUT2D eigenvalue weighted by Crippen LogP contribution is -2.26. The van der Waals surface area contributed by atoms with E-state index in [9.17, 15) is 18.0 Å². The average Bonchev–Trinajstić information content (AvgIpc) is 3.34. The smallest absolute Gasteiger partial charge is 0.416 e. The predicted molar refractivity (Wildman–Crippen MR) is 100 cm³/mol. The Morgan fingerprint density at radius 1 is 1.10 bits per heavy atom. The molecule has 2 aliphatic rings. The summed E-state index contributed by atoms with van der Waals surface area (Å²) >= 11 is 0. The maximum atomic E-state index is 13.5. The summed E-state index contributed by atoms with van der Waals surface area (Å²) in [5.41, 5.74) is 0.757. The van der Waals surface area contributed by atoms with E-state index >= 15 is 0 Å². The number of halogens is 3. The SMILES string of the molecule is O=C1C[C@H](c2ccccc2C(F)(F)F)c2cnn(Cc3ccc4c(c3)OCO4)c2N1. The van der Waals surface area contributed by atoms with E-state index < -0.39 is 17.7 Å². The van der Waals surface area contributed by atoms with Crippen LogP contribution >= 0.6 is 0 Å². The Kier molecular flexibility index (Phi) is 4.19. The molecule has 1 amide bonds. The Morgan fingerprint density at radius 3 is 2.73 bits per heavy atom. The van der Waals surface area contributed by atoms with Crippen LogP contribution in [-0.4, -0.2) is 22.5 Å². The van der Waals surface area contributed by atoms with Crippen molar-refractivity contribution in [2.45, 2.75) is 25.1 Å². The third-order valence-electron chi connectivity index (χ3n) is 5.30. The molecule has 0 saturated carbocycles. The van der Waals surface area contributed by atoms with E-state index in [1.807, 2.05) is 12.1 Å². The second-order valence-corrected chi connectivity index (χ2v) is 7.18. The molecule has 0 fully saturated rings. The molecule has 0 unspecified atom stereocenters. The molecule has 1 N–H and O–H groups in total. The van der Waals surface area contributed by atoms with Gasteiger partial charge in [-0.3, -0.25) is 4.79 Å². The van der Waals surface area contributed by atoms with Crippen LogP contribution in [0.3, 0.4) is 0 Å². The number of alkyl halides is 3. The Morgan fingerprint density at radius 2 is 1.90 bits per heavy atom. The van der Waals surface area contributed by atoms with Crippen LogP contribution in [0.15, 0.2) is 48.7 Å². The van der Waals surface area contributed by atoms with Crippen molar-refractivity contribution in [3.8, 4) is 11.5 Å². The van der Waals surface area contributed by atoms with Crippen molar-refractivity contribution in [3.63, 3.8) is 0 Å². The van der Waals surface area contributed by atoms with Gasteiger partial charge in [-0.25, -0.2) is 4.68 Å². The number of fused-ring (bicyclic) bond motifs is 2. The summed E-state index contributed by atoms with van der Waals surface area (Å²) in [6, 6.07) is 10.8. The number of nitrogens with zero attached hydrogens (tertiary/aromatic N) is 2. The van der Waals surface area contributed by atoms with Crippen LogP contribution in [0.4, 0.5) is 19.0 Å². The average molecular weight is 415 g/mol. The summed E-state index contributed by atoms with van der Waals surface area (Å²) in [4.78, 5) is 12.4. The summed E-state index contributed by atoms with van der Waals surface area (Å²) in [6.07, 6.45) is -3.05. The van der Waals surface area contributed by atoms with Crippen LogP contribution in [0.1, 0.15) is 34.6 Å². The van der Waals surface area contributed by atoms with Gasteiger partial charge in [0.05, 0.1) is 18.3 Å². The molecule has 3 heterocycles. The first kappa shape index (κ1) is 18.5. The maximum Gasteiger partial charge on any atom is 0.416 e. The molecule has 3 aromatic rings. The minimum atomic E-state index is -4.51. The third kappa shape index (κ3) is 3.16. The summed E-state index contributed by atoms with van der Waals surface area (Å²) in [5.74, 6) is 0.604. The fourth-order valence-corrected chi connectivity index (χ4v) is 3.94. The lowest BCUT2D eigenvalue weighted by Gasteiger charge is -2.26. The largest absolute Gasteiger partial charge is 0.454 e. The van der Waals surface area contributed by atoms with Gasteiger partial charge < -0.3 is 14.8 Å². The number of carbonyl (C=O) groups is 1. The topological polar surface area (TPSA) is 65.4 Å². The molecule has 0 aliphatic carbocycles. The van der Waals surface area contributed by atoms with E-state index in [2.05, 4.69) is 10.4 Å². The van der Waals surface area contributed by atoms with Gasteiger partial charge in [0.2, 0.25) is 12.7 Å². The van der Waals surface area contributed by atoms with Crippen LogP contribution in [0.2, 0.25) is 0 Å². The number of benzene rings is 2. The summed E-state index contributed by atoms with van der Waals surface area (Å²) in [5, 5.41) is 7.10. The minimum Gasteiger partial charge on any atom is -0.454 e. The Bertz CT molecular complexity index is 1140. The highest BCUT2D eigenvalue weighted by atomic mass is 19.4. The van der Waals surface area contributed by atoms with Crippen molar-refractivity contribution in [2.75, 3.05) is 12.1 Å². The Labute approximate surface area is 169 Å². The molecule has 1 aromatic heterocycles. The molecule has 9 heteroatoms. The molecule has 2 aliphatic heterocycles. The van der Waals surface area contributed by atoms with Gasteiger partial charge in [-0.1, -0.05) is 24.3 Å². The van der Waals surface area contributed by atoms with Crippen LogP contribution in [0, 0.1) is 0 Å². The summed E-state index contributed by atoms with van der Waals surface area (Å²) in [6.45, 7) is 0.478. The second-order valence-electron chi connectivity index (χ2n) is 7.18. The van der Waals surface area contributed by atoms with E-state index in [0.29, 0.717) is 29.4 Å². The predicted octanol–water partition coefficient (Wildman–Crippen LogP) is 4.15. The van der Waals surface area contributed by atoms with Gasteiger partial charge in [0.25, 0.3) is 0 Å². The number of amides is 1. The number of rotatable bonds is 3. The molecule has 1 atom stereocenters. The Hall–Kier alpha value is -3.49. The van der Waals surface area contributed by atoms with Crippen LogP contribution in [0.5, 0.6) is 11.5 Å². The monoisotopic (exact) mass is 415 g/mol. The molecule has 0 radical (unpaired) electrons. The molecule has 0 bridgehead atoms. The summed E-state index contributed by atoms with van der Waals surface area (Å²) in [7, 11) is 0. The fourth-order valence-electron chi connectivity index (χ4n) is 3.94. The molecule has 2 aromatic carbocycles. The molecule has 30 heavy (non-hydrogen) atoms. The zero-order chi connectivity index (χ0) is 20.9. The Balaban J connectivity index is 1.52. The van der Waals surface area contributed by atoms with Gasteiger partial charge >= 0.3 is 6.18 Å². The first-order valence-corrected chi connectivity index (χ1v) is 9.30. The van der Waals surface area contributed by atoms with Gasteiger partial charge in [-0.2, -0.15) is 18.3 Å². The lowest BCUT2D eigenvalue weighted by molar-refractivity contribution is -0.138. The first-order valence-electron chi connectivity index (χ1n) is 9.30. The minimum absolute atomic E-state index is 0.0729. The van der Waals surface area contributed by atoms with Crippen molar-refractivity contribution in [1.82, 2.24) is 9.78 Å². The van der Waals surface area contributed by atoms with Gasteiger partial charge in [0.15, 0.2) is 11.5 Å². The normalized spacial score (nSPS) is 17.6. The molecule has 5 rings (SSSR count). The number of hydrogen-bond acceptors (Lipinski definition) is 4. The van der Waals surface area contributed by atoms with Crippen molar-refractivity contribution in [1.29, 1.82) is 0 Å². The van der Waals surface area contributed by atoms with E-state index in [0.717, 1.165) is 11.6 Å². The highest BCUT2D eigenvalue weighted by Gasteiger charge is 2.38. The molecule has 0 saturated heterocycles. The first-order chi connectivity index (χ1) is 14.4. The molecule has 0 spiro atoms. The highest BCUT2D eigenvalue weighted by Crippen LogP contribution is 2.43. The highest BCUT2D eigenvalue weighted by molar-refractivity contribution is 5.94. The van der Waals surface area contributed by atoms with Crippen LogP contribution < -0.4 is 14.8 Å². The van der Waals surface area contributed by atoms with Crippen LogP contribution in [0.25, 0.3) is 0 Å². The van der Waals surface area contributed by atoms with Crippen molar-refractivity contribution >= 4 is 11.7 Å². The van der Waals surface area contributed by atoms with Crippen molar-refractivity contribution < 1.29 is 27.4 Å². The van der Waals surface area contributed by atoms with Gasteiger partial charge in [-0.15, -0.1) is 0 Å². The summed E-state index contributed by atoms with van der Waals surface area (Å²) < 4.78 is 52.9. The number of ether oxygens (including phenoxy) is 2. The molecule has 154 valence electrons. The maximum absolute atomic E-state index is 13.5. The van der Waals surface area contributed by atoms with Gasteiger partial charge in [0.1, 0.15) is 5.82 Å². The number of aromatic nitrogens is 2. The number of hydrogen-bond donors (Lipinski definition) is 1. The molecular weight excluding hydrogens is 399 g/mol. The quantitative estimate of drug-likeness (QED) is 0.698.